The molecule has 0 unspecified atom stereocenters. The number of nitrogens with one attached hydrogen (secondary N) is 1. The van der Waals surface area contributed by atoms with E-state index in [4.69, 9.17) is 0 Å². The summed E-state index contributed by atoms with van der Waals surface area (Å²) in [5.74, 6) is -0.184. The lowest BCUT2D eigenvalue weighted by molar-refractivity contribution is -0.146. The Balaban J connectivity index is 1.81. The second-order valence-corrected chi connectivity index (χ2v) is 4.09. The molecule has 0 bridgehead atoms. The van der Waals surface area contributed by atoms with Crippen molar-refractivity contribution in [3.05, 3.63) is 0 Å². The molecule has 2 aliphatic rings. The topological polar surface area (TPSA) is 52.7 Å². The van der Waals surface area contributed by atoms with Crippen LogP contribution in [0.25, 0.3) is 0 Å². The Bertz CT molecular complexity index is 245. The van der Waals surface area contributed by atoms with Crippen molar-refractivity contribution in [1.82, 2.24) is 15.1 Å². The lowest BCUT2D eigenvalue weighted by atomic mass is 10.3. The van der Waals surface area contributed by atoms with Gasteiger partial charge in [-0.15, -0.1) is 0 Å². The van der Waals surface area contributed by atoms with Gasteiger partial charge in [0.25, 0.3) is 0 Å². The van der Waals surface area contributed by atoms with E-state index in [-0.39, 0.29) is 11.8 Å². The van der Waals surface area contributed by atoms with Crippen LogP contribution < -0.4 is 5.32 Å². The van der Waals surface area contributed by atoms with Gasteiger partial charge < -0.3 is 4.90 Å². The van der Waals surface area contributed by atoms with Crippen molar-refractivity contribution >= 4 is 11.8 Å². The van der Waals surface area contributed by atoms with Crippen LogP contribution in [0.3, 0.4) is 0 Å². The first-order chi connectivity index (χ1) is 7.27. The first-order valence-electron chi connectivity index (χ1n) is 5.53. The molecule has 0 spiro atoms. The minimum atomic E-state index is -0.0922. The van der Waals surface area contributed by atoms with Gasteiger partial charge in [-0.25, -0.2) is 0 Å². The minimum absolute atomic E-state index is 0.0922. The Hall–Kier alpha value is -0.940. The Labute approximate surface area is 89.4 Å². The fourth-order valence-corrected chi connectivity index (χ4v) is 2.10. The highest BCUT2D eigenvalue weighted by molar-refractivity contribution is 5.99. The van der Waals surface area contributed by atoms with Crippen molar-refractivity contribution < 1.29 is 9.59 Å². The molecule has 2 saturated heterocycles. The van der Waals surface area contributed by atoms with Crippen LogP contribution in [0, 0.1) is 0 Å². The molecule has 2 aliphatic heterocycles. The third kappa shape index (κ3) is 2.54. The Morgan fingerprint density at radius 3 is 2.20 bits per heavy atom. The third-order valence-electron chi connectivity index (χ3n) is 2.99. The highest BCUT2D eigenvalue weighted by atomic mass is 16.2. The number of carbonyl (C=O) groups excluding carboxylic acids is 2. The van der Waals surface area contributed by atoms with E-state index in [0.29, 0.717) is 19.6 Å². The number of amides is 2. The summed E-state index contributed by atoms with van der Waals surface area (Å²) in [5.41, 5.74) is 0. The number of likely N-dealkylation sites (tertiary alicyclic amines) is 1. The SMILES string of the molecule is O=C1CNCC(=O)N1CCN1CCCC1. The van der Waals surface area contributed by atoms with Crippen LogP contribution in [0.2, 0.25) is 0 Å². The number of hydrogen-bond donors (Lipinski definition) is 1. The molecule has 84 valence electrons. The zero-order valence-electron chi connectivity index (χ0n) is 8.87. The average molecular weight is 211 g/mol. The van der Waals surface area contributed by atoms with E-state index in [0.717, 1.165) is 19.6 Å². The fourth-order valence-electron chi connectivity index (χ4n) is 2.10. The van der Waals surface area contributed by atoms with Crippen molar-refractivity contribution in [2.75, 3.05) is 39.3 Å². The number of rotatable bonds is 3. The van der Waals surface area contributed by atoms with Crippen molar-refractivity contribution in [3.8, 4) is 0 Å². The Morgan fingerprint density at radius 1 is 1.00 bits per heavy atom. The summed E-state index contributed by atoms with van der Waals surface area (Å²) >= 11 is 0. The van der Waals surface area contributed by atoms with Crippen LogP contribution >= 0.6 is 0 Å². The Morgan fingerprint density at radius 2 is 1.60 bits per heavy atom. The molecule has 0 aromatic carbocycles. The van der Waals surface area contributed by atoms with Crippen molar-refractivity contribution in [2.45, 2.75) is 12.8 Å². The molecule has 0 aromatic heterocycles. The average Bonchev–Trinajstić information content (AvgIpc) is 2.70. The molecule has 0 radical (unpaired) electrons. The van der Waals surface area contributed by atoms with Gasteiger partial charge in [0.15, 0.2) is 0 Å². The molecule has 2 heterocycles. The van der Waals surface area contributed by atoms with Gasteiger partial charge in [-0.05, 0) is 25.9 Å². The molecule has 5 heteroatoms. The van der Waals surface area contributed by atoms with Crippen LogP contribution in [0.15, 0.2) is 0 Å². The Kier molecular flexibility index (Phi) is 3.33. The summed E-state index contributed by atoms with van der Waals surface area (Å²) in [6, 6.07) is 0. The molecule has 2 fully saturated rings. The number of piperazine rings is 1. The van der Waals surface area contributed by atoms with Gasteiger partial charge in [0.05, 0.1) is 13.1 Å². The minimum Gasteiger partial charge on any atom is -0.302 e. The zero-order chi connectivity index (χ0) is 10.7. The molecule has 1 N–H and O–H groups in total. The van der Waals surface area contributed by atoms with E-state index in [9.17, 15) is 9.59 Å². The van der Waals surface area contributed by atoms with Crippen LogP contribution in [0.1, 0.15) is 12.8 Å². The first kappa shape index (κ1) is 10.6. The molecule has 0 aromatic rings. The van der Waals surface area contributed by atoms with Gasteiger partial charge in [-0.3, -0.25) is 19.8 Å². The van der Waals surface area contributed by atoms with Gasteiger partial charge >= 0.3 is 0 Å². The second kappa shape index (κ2) is 4.72. The van der Waals surface area contributed by atoms with Crippen LogP contribution in [0.4, 0.5) is 0 Å². The van der Waals surface area contributed by atoms with Crippen LogP contribution in [0.5, 0.6) is 0 Å². The maximum absolute atomic E-state index is 11.4. The van der Waals surface area contributed by atoms with E-state index >= 15 is 0 Å². The summed E-state index contributed by atoms with van der Waals surface area (Å²) in [4.78, 5) is 26.6. The number of nitrogens with zero attached hydrogens (tertiary/aromatic N) is 2. The lowest BCUT2D eigenvalue weighted by Gasteiger charge is -2.27. The first-order valence-corrected chi connectivity index (χ1v) is 5.53. The molecule has 5 nitrogen and oxygen atoms in total. The maximum Gasteiger partial charge on any atom is 0.243 e. The molecule has 0 saturated carbocycles. The van der Waals surface area contributed by atoms with Crippen LogP contribution in [-0.2, 0) is 9.59 Å². The monoisotopic (exact) mass is 211 g/mol. The van der Waals surface area contributed by atoms with Gasteiger partial charge in [-0.1, -0.05) is 0 Å². The number of hydrogen-bond acceptors (Lipinski definition) is 4. The van der Waals surface area contributed by atoms with Crippen molar-refractivity contribution in [1.29, 1.82) is 0 Å². The van der Waals surface area contributed by atoms with E-state index in [2.05, 4.69) is 10.2 Å². The molecule has 2 amide bonds. The number of carbonyl (C=O) groups is 2. The van der Waals surface area contributed by atoms with Gasteiger partial charge in [0.1, 0.15) is 0 Å². The fraction of sp³-hybridized carbons (Fsp3) is 0.800. The zero-order valence-corrected chi connectivity index (χ0v) is 8.87. The van der Waals surface area contributed by atoms with E-state index in [1.165, 1.54) is 17.7 Å². The van der Waals surface area contributed by atoms with E-state index in [1.807, 2.05) is 0 Å². The maximum atomic E-state index is 11.4. The summed E-state index contributed by atoms with van der Waals surface area (Å²) in [7, 11) is 0. The van der Waals surface area contributed by atoms with E-state index < -0.39 is 0 Å². The molecule has 0 atom stereocenters. The highest BCUT2D eigenvalue weighted by Gasteiger charge is 2.25. The molecular weight excluding hydrogens is 194 g/mol. The molecule has 0 aliphatic carbocycles. The second-order valence-electron chi connectivity index (χ2n) is 4.09. The summed E-state index contributed by atoms with van der Waals surface area (Å²) < 4.78 is 0. The summed E-state index contributed by atoms with van der Waals surface area (Å²) in [6.07, 6.45) is 2.48. The standard InChI is InChI=1S/C10H17N3O2/c14-9-7-11-8-10(15)13(9)6-5-12-3-1-2-4-12/h11H,1-8H2. The quantitative estimate of drug-likeness (QED) is 0.611. The van der Waals surface area contributed by atoms with Crippen molar-refractivity contribution in [2.24, 2.45) is 0 Å². The molecular formula is C10H17N3O2. The van der Waals surface area contributed by atoms with Crippen LogP contribution in [-0.4, -0.2) is 60.9 Å². The highest BCUT2D eigenvalue weighted by Crippen LogP contribution is 2.07. The lowest BCUT2D eigenvalue weighted by Crippen LogP contribution is -2.53. The molecule has 15 heavy (non-hydrogen) atoms. The predicted octanol–water partition coefficient (Wildman–Crippen LogP) is -0.959. The smallest absolute Gasteiger partial charge is 0.243 e. The third-order valence-corrected chi connectivity index (χ3v) is 2.99. The number of imide groups is 1. The molecule has 2 rings (SSSR count). The summed E-state index contributed by atoms with van der Waals surface area (Å²) in [6.45, 7) is 4.19. The largest absolute Gasteiger partial charge is 0.302 e. The van der Waals surface area contributed by atoms with Gasteiger partial charge in [0, 0.05) is 13.1 Å². The van der Waals surface area contributed by atoms with Gasteiger partial charge in [-0.2, -0.15) is 0 Å². The normalized spacial score (nSPS) is 23.9. The van der Waals surface area contributed by atoms with Gasteiger partial charge in [0.2, 0.25) is 11.8 Å². The summed E-state index contributed by atoms with van der Waals surface area (Å²) in [5, 5.41) is 2.79. The predicted molar refractivity (Wildman–Crippen MR) is 55.3 cm³/mol. The van der Waals surface area contributed by atoms with Crippen molar-refractivity contribution in [3.63, 3.8) is 0 Å². The van der Waals surface area contributed by atoms with E-state index in [1.54, 1.807) is 0 Å².